The van der Waals surface area contributed by atoms with Gasteiger partial charge < -0.3 is 20.8 Å². The fourth-order valence-corrected chi connectivity index (χ4v) is 1.47. The Morgan fingerprint density at radius 1 is 1.42 bits per heavy atom. The van der Waals surface area contributed by atoms with Gasteiger partial charge in [-0.3, -0.25) is 0 Å². The van der Waals surface area contributed by atoms with Crippen molar-refractivity contribution >= 4 is 0 Å². The highest BCUT2D eigenvalue weighted by Crippen LogP contribution is 2.09. The fraction of sp³-hybridized carbons (Fsp3) is 1.00. The molecule has 0 unspecified atom stereocenters. The van der Waals surface area contributed by atoms with E-state index in [0.717, 1.165) is 25.9 Å². The van der Waals surface area contributed by atoms with Crippen LogP contribution in [-0.4, -0.2) is 53.5 Å². The normalized spacial score (nSPS) is 24.2. The van der Waals surface area contributed by atoms with Gasteiger partial charge in [-0.1, -0.05) is 0 Å². The van der Waals surface area contributed by atoms with Crippen molar-refractivity contribution in [3.63, 3.8) is 0 Å². The molecule has 1 rings (SSSR count). The first-order chi connectivity index (χ1) is 5.72. The van der Waals surface area contributed by atoms with Crippen LogP contribution in [0.1, 0.15) is 12.8 Å². The largest absolute Gasteiger partial charge is 0.393 e. The summed E-state index contributed by atoms with van der Waals surface area (Å²) in [4.78, 5) is 2.14. The van der Waals surface area contributed by atoms with E-state index in [-0.39, 0.29) is 6.10 Å². The summed E-state index contributed by atoms with van der Waals surface area (Å²) in [6, 6.07) is 0. The van der Waals surface area contributed by atoms with Crippen LogP contribution in [0.2, 0.25) is 0 Å². The summed E-state index contributed by atoms with van der Waals surface area (Å²) >= 11 is 0. The molecule has 1 saturated heterocycles. The quantitative estimate of drug-likeness (QED) is 0.501. The summed E-state index contributed by atoms with van der Waals surface area (Å²) < 4.78 is 0. The monoisotopic (exact) mass is 174 g/mol. The van der Waals surface area contributed by atoms with Gasteiger partial charge in [-0.15, -0.1) is 0 Å². The molecule has 72 valence electrons. The van der Waals surface area contributed by atoms with Gasteiger partial charge in [0.2, 0.25) is 0 Å². The van der Waals surface area contributed by atoms with E-state index >= 15 is 0 Å². The highest BCUT2D eigenvalue weighted by atomic mass is 16.3. The minimum Gasteiger partial charge on any atom is -0.393 e. The lowest BCUT2D eigenvalue weighted by atomic mass is 10.1. The molecule has 4 nitrogen and oxygen atoms in total. The van der Waals surface area contributed by atoms with Crippen LogP contribution in [0.3, 0.4) is 0 Å². The Labute approximate surface area is 73.0 Å². The Kier molecular flexibility index (Phi) is 3.94. The van der Waals surface area contributed by atoms with E-state index in [0.29, 0.717) is 13.1 Å². The lowest BCUT2D eigenvalue weighted by molar-refractivity contribution is 0.0535. The number of β-amino-alcohol motifs (C(OH)–C–C–N with tert-alkyl or cyclic N) is 1. The van der Waals surface area contributed by atoms with Crippen LogP contribution in [0.15, 0.2) is 0 Å². The molecular weight excluding hydrogens is 156 g/mol. The zero-order chi connectivity index (χ0) is 8.97. The molecule has 0 radical (unpaired) electrons. The Morgan fingerprint density at radius 3 is 2.50 bits per heavy atom. The number of nitrogens with zero attached hydrogens (tertiary/aromatic N) is 1. The number of piperidine rings is 1. The molecule has 0 aromatic heterocycles. The Bertz CT molecular complexity index is 124. The van der Waals surface area contributed by atoms with E-state index in [1.165, 1.54) is 0 Å². The number of rotatable bonds is 3. The van der Waals surface area contributed by atoms with Crippen molar-refractivity contribution in [3.8, 4) is 0 Å². The lowest BCUT2D eigenvalue weighted by Gasteiger charge is -2.30. The molecule has 0 aliphatic carbocycles. The first-order valence-electron chi connectivity index (χ1n) is 4.51. The lowest BCUT2D eigenvalue weighted by Crippen LogP contribution is -2.42. The van der Waals surface area contributed by atoms with Gasteiger partial charge >= 0.3 is 0 Å². The zero-order valence-electron chi connectivity index (χ0n) is 7.32. The predicted octanol–water partition coefficient (Wildman–Crippen LogP) is -1.24. The van der Waals surface area contributed by atoms with Crippen molar-refractivity contribution in [3.05, 3.63) is 0 Å². The molecule has 0 bridgehead atoms. The average Bonchev–Trinajstić information content (AvgIpc) is 2.09. The van der Waals surface area contributed by atoms with Crippen LogP contribution in [0, 0.1) is 0 Å². The minimum atomic E-state index is -0.416. The summed E-state index contributed by atoms with van der Waals surface area (Å²) in [6.45, 7) is 2.71. The Morgan fingerprint density at radius 2 is 2.00 bits per heavy atom. The van der Waals surface area contributed by atoms with Gasteiger partial charge in [-0.25, -0.2) is 0 Å². The van der Waals surface area contributed by atoms with E-state index < -0.39 is 6.10 Å². The van der Waals surface area contributed by atoms with E-state index in [9.17, 15) is 10.2 Å². The van der Waals surface area contributed by atoms with Crippen molar-refractivity contribution in [2.24, 2.45) is 5.73 Å². The second-order valence-corrected chi connectivity index (χ2v) is 3.42. The van der Waals surface area contributed by atoms with Crippen LogP contribution in [0.4, 0.5) is 0 Å². The molecule has 0 spiro atoms. The minimum absolute atomic E-state index is 0.142. The summed E-state index contributed by atoms with van der Waals surface area (Å²) in [7, 11) is 0. The van der Waals surface area contributed by atoms with Crippen molar-refractivity contribution in [2.75, 3.05) is 26.2 Å². The Hall–Kier alpha value is -0.160. The number of aliphatic hydroxyl groups is 2. The number of aliphatic hydroxyl groups excluding tert-OH is 2. The van der Waals surface area contributed by atoms with Crippen LogP contribution < -0.4 is 5.73 Å². The number of nitrogens with two attached hydrogens (primary N) is 1. The molecule has 1 heterocycles. The van der Waals surface area contributed by atoms with Gasteiger partial charge in [-0.2, -0.15) is 0 Å². The number of hydrogen-bond donors (Lipinski definition) is 3. The van der Waals surface area contributed by atoms with E-state index in [1.54, 1.807) is 0 Å². The molecule has 12 heavy (non-hydrogen) atoms. The SMILES string of the molecule is NC[C@@H](O)CN1CCC(O)CC1. The third-order valence-corrected chi connectivity index (χ3v) is 2.30. The summed E-state index contributed by atoms with van der Waals surface area (Å²) in [5.41, 5.74) is 5.29. The summed E-state index contributed by atoms with van der Waals surface area (Å²) in [6.07, 6.45) is 1.07. The Balaban J connectivity index is 2.17. The smallest absolute Gasteiger partial charge is 0.0789 e. The predicted molar refractivity (Wildman–Crippen MR) is 46.7 cm³/mol. The van der Waals surface area contributed by atoms with Gasteiger partial charge in [0, 0.05) is 26.2 Å². The van der Waals surface area contributed by atoms with Gasteiger partial charge in [0.25, 0.3) is 0 Å². The van der Waals surface area contributed by atoms with Gasteiger partial charge in [0.1, 0.15) is 0 Å². The average molecular weight is 174 g/mol. The highest BCUT2D eigenvalue weighted by molar-refractivity contribution is 4.73. The first kappa shape index (κ1) is 9.92. The van der Waals surface area contributed by atoms with Crippen molar-refractivity contribution < 1.29 is 10.2 Å². The first-order valence-corrected chi connectivity index (χ1v) is 4.51. The number of hydrogen-bond acceptors (Lipinski definition) is 4. The molecule has 4 heteroatoms. The molecule has 4 N–H and O–H groups in total. The molecule has 0 saturated carbocycles. The molecule has 1 aliphatic rings. The van der Waals surface area contributed by atoms with Crippen LogP contribution in [0.5, 0.6) is 0 Å². The maximum Gasteiger partial charge on any atom is 0.0789 e. The molecule has 0 aromatic carbocycles. The third-order valence-electron chi connectivity index (χ3n) is 2.30. The highest BCUT2D eigenvalue weighted by Gasteiger charge is 2.18. The van der Waals surface area contributed by atoms with Crippen LogP contribution >= 0.6 is 0 Å². The fourth-order valence-electron chi connectivity index (χ4n) is 1.47. The molecule has 0 amide bonds. The molecule has 0 aromatic rings. The maximum absolute atomic E-state index is 9.25. The second kappa shape index (κ2) is 4.77. The van der Waals surface area contributed by atoms with Gasteiger partial charge in [0.05, 0.1) is 12.2 Å². The van der Waals surface area contributed by atoms with Crippen molar-refractivity contribution in [1.82, 2.24) is 4.90 Å². The van der Waals surface area contributed by atoms with Crippen LogP contribution in [-0.2, 0) is 0 Å². The van der Waals surface area contributed by atoms with Crippen LogP contribution in [0.25, 0.3) is 0 Å². The van der Waals surface area contributed by atoms with E-state index in [2.05, 4.69) is 4.90 Å². The number of likely N-dealkylation sites (tertiary alicyclic amines) is 1. The molecule has 1 aliphatic heterocycles. The van der Waals surface area contributed by atoms with E-state index in [1.807, 2.05) is 0 Å². The second-order valence-electron chi connectivity index (χ2n) is 3.42. The van der Waals surface area contributed by atoms with Gasteiger partial charge in [0.15, 0.2) is 0 Å². The summed E-state index contributed by atoms with van der Waals surface area (Å²) in [5.74, 6) is 0. The van der Waals surface area contributed by atoms with Crippen molar-refractivity contribution in [2.45, 2.75) is 25.0 Å². The standard InChI is InChI=1S/C8H18N2O2/c9-5-8(12)6-10-3-1-7(11)2-4-10/h7-8,11-12H,1-6,9H2/t8-/m1/s1. The topological polar surface area (TPSA) is 69.7 Å². The third kappa shape index (κ3) is 3.06. The summed E-state index contributed by atoms with van der Waals surface area (Å²) in [5, 5.41) is 18.5. The van der Waals surface area contributed by atoms with Crippen molar-refractivity contribution in [1.29, 1.82) is 0 Å². The van der Waals surface area contributed by atoms with Gasteiger partial charge in [-0.05, 0) is 12.8 Å². The van der Waals surface area contributed by atoms with E-state index in [4.69, 9.17) is 5.73 Å². The molecule has 1 atom stereocenters. The molecule has 1 fully saturated rings. The molecular formula is C8H18N2O2. The zero-order valence-corrected chi connectivity index (χ0v) is 7.32. The maximum atomic E-state index is 9.25.